The molecular formula is C19H19N4O3S2+. The van der Waals surface area contributed by atoms with Crippen LogP contribution in [-0.4, -0.2) is 52.9 Å². The number of benzene rings is 1. The molecule has 1 aliphatic rings. The molecule has 28 heavy (non-hydrogen) atoms. The number of hydrogen-bond donors (Lipinski definition) is 1. The van der Waals surface area contributed by atoms with Gasteiger partial charge in [-0.2, -0.15) is 0 Å². The third-order valence-corrected chi connectivity index (χ3v) is 6.49. The highest BCUT2D eigenvalue weighted by Crippen LogP contribution is 2.21. The number of urea groups is 1. The minimum atomic E-state index is -0.750. The first-order chi connectivity index (χ1) is 13.5. The van der Waals surface area contributed by atoms with E-state index in [-0.39, 0.29) is 13.2 Å². The summed E-state index contributed by atoms with van der Waals surface area (Å²) in [6, 6.07) is 11.2. The molecule has 2 aromatic heterocycles. The van der Waals surface area contributed by atoms with E-state index in [2.05, 4.69) is 4.98 Å². The summed E-state index contributed by atoms with van der Waals surface area (Å²) in [7, 11) is 1.88. The van der Waals surface area contributed by atoms with Crippen molar-refractivity contribution in [2.45, 2.75) is 13.0 Å². The molecule has 0 spiro atoms. The molecule has 0 saturated carbocycles. The van der Waals surface area contributed by atoms with Crippen molar-refractivity contribution in [3.63, 3.8) is 0 Å². The number of fused-ring (bicyclic) bond motifs is 1. The Morgan fingerprint density at radius 3 is 2.57 bits per heavy atom. The highest BCUT2D eigenvalue weighted by Gasteiger charge is 2.45. The number of amides is 4. The van der Waals surface area contributed by atoms with Crippen LogP contribution in [0.3, 0.4) is 0 Å². The maximum Gasteiger partial charge on any atom is 0.338 e. The predicted octanol–water partition coefficient (Wildman–Crippen LogP) is 1.36. The van der Waals surface area contributed by atoms with Crippen LogP contribution in [0.25, 0.3) is 10.2 Å². The predicted molar refractivity (Wildman–Crippen MR) is 107 cm³/mol. The lowest BCUT2D eigenvalue weighted by Crippen LogP contribution is -3.09. The van der Waals surface area contributed by atoms with Crippen molar-refractivity contribution >= 4 is 50.7 Å². The van der Waals surface area contributed by atoms with E-state index < -0.39 is 17.8 Å². The van der Waals surface area contributed by atoms with E-state index in [1.54, 1.807) is 22.7 Å². The lowest BCUT2D eigenvalue weighted by molar-refractivity contribution is -0.901. The lowest BCUT2D eigenvalue weighted by Gasteiger charge is -2.19. The number of thiophene rings is 1. The molecular weight excluding hydrogens is 396 g/mol. The summed E-state index contributed by atoms with van der Waals surface area (Å²) in [5.41, 5.74) is 0.943. The van der Waals surface area contributed by atoms with Crippen LogP contribution in [0.4, 0.5) is 4.79 Å². The number of carbonyl (C=O) groups is 3. The molecule has 144 valence electrons. The SMILES string of the molecule is C[NH+](Cc1nc2ccccc2s1)CN1C(=O)C(=O)N(CCc2cccs2)C1=O. The average molecular weight is 416 g/mol. The monoisotopic (exact) mass is 415 g/mol. The summed E-state index contributed by atoms with van der Waals surface area (Å²) < 4.78 is 1.11. The van der Waals surface area contributed by atoms with Crippen LogP contribution in [0.5, 0.6) is 0 Å². The number of quaternary nitrogens is 1. The van der Waals surface area contributed by atoms with Crippen LogP contribution < -0.4 is 4.90 Å². The fourth-order valence-corrected chi connectivity index (χ4v) is 4.92. The van der Waals surface area contributed by atoms with Gasteiger partial charge in [-0.1, -0.05) is 18.2 Å². The first-order valence-corrected chi connectivity index (χ1v) is 10.6. The van der Waals surface area contributed by atoms with Crippen molar-refractivity contribution in [3.8, 4) is 0 Å². The van der Waals surface area contributed by atoms with E-state index in [9.17, 15) is 14.4 Å². The summed E-state index contributed by atoms with van der Waals surface area (Å²) in [4.78, 5) is 45.8. The van der Waals surface area contributed by atoms with Gasteiger partial charge in [0.15, 0.2) is 6.67 Å². The molecule has 1 N–H and O–H groups in total. The number of nitrogens with zero attached hydrogens (tertiary/aromatic N) is 3. The maximum atomic E-state index is 12.6. The van der Waals surface area contributed by atoms with Crippen LogP contribution in [0, 0.1) is 0 Å². The van der Waals surface area contributed by atoms with Crippen LogP contribution in [0.2, 0.25) is 0 Å². The van der Waals surface area contributed by atoms with Crippen molar-refractivity contribution in [2.24, 2.45) is 0 Å². The summed E-state index contributed by atoms with van der Waals surface area (Å²) in [6.07, 6.45) is 0.560. The molecule has 1 aliphatic heterocycles. The largest absolute Gasteiger partial charge is 0.338 e. The quantitative estimate of drug-likeness (QED) is 0.467. The Balaban J connectivity index is 1.39. The second kappa shape index (κ2) is 7.78. The standard InChI is InChI=1S/C19H18N4O3S2/c1-21(11-16-20-14-6-2-3-7-15(14)28-16)12-23-18(25)17(24)22(19(23)26)9-8-13-5-4-10-27-13/h2-7,10H,8-9,11-12H2,1H3/p+1. The number of nitrogens with one attached hydrogen (secondary N) is 1. The fraction of sp³-hybridized carbons (Fsp3) is 0.263. The molecule has 1 unspecified atom stereocenters. The second-order valence-corrected chi connectivity index (χ2v) is 8.82. The molecule has 1 saturated heterocycles. The minimum Gasteiger partial charge on any atom is -0.314 e. The lowest BCUT2D eigenvalue weighted by atomic mass is 10.3. The molecule has 1 atom stereocenters. The fourth-order valence-electron chi connectivity index (χ4n) is 3.14. The second-order valence-electron chi connectivity index (χ2n) is 6.67. The minimum absolute atomic E-state index is 0.134. The van der Waals surface area contributed by atoms with Crippen LogP contribution in [0.1, 0.15) is 9.88 Å². The molecule has 3 heterocycles. The number of imide groups is 2. The number of carbonyl (C=O) groups excluding carboxylic acids is 3. The number of rotatable bonds is 7. The Labute approximate surface area is 169 Å². The van der Waals surface area contributed by atoms with Crippen molar-refractivity contribution in [1.82, 2.24) is 14.8 Å². The molecule has 7 nitrogen and oxygen atoms in total. The van der Waals surface area contributed by atoms with Gasteiger partial charge in [-0.05, 0) is 23.6 Å². The van der Waals surface area contributed by atoms with E-state index >= 15 is 0 Å². The van der Waals surface area contributed by atoms with Gasteiger partial charge in [-0.15, -0.1) is 22.7 Å². The Hall–Kier alpha value is -2.62. The molecule has 3 aromatic rings. The van der Waals surface area contributed by atoms with Gasteiger partial charge < -0.3 is 4.90 Å². The summed E-state index contributed by atoms with van der Waals surface area (Å²) in [5.74, 6) is -1.49. The molecule has 4 amide bonds. The Morgan fingerprint density at radius 1 is 1.04 bits per heavy atom. The topological polar surface area (TPSA) is 75.0 Å². The molecule has 0 aliphatic carbocycles. The third-order valence-electron chi connectivity index (χ3n) is 4.52. The number of thiazole rings is 1. The number of hydrogen-bond acceptors (Lipinski definition) is 6. The first-order valence-electron chi connectivity index (χ1n) is 8.88. The van der Waals surface area contributed by atoms with E-state index in [0.717, 1.165) is 34.8 Å². The summed E-state index contributed by atoms with van der Waals surface area (Å²) in [6.45, 7) is 0.923. The molecule has 9 heteroatoms. The van der Waals surface area contributed by atoms with Crippen molar-refractivity contribution < 1.29 is 19.3 Å². The van der Waals surface area contributed by atoms with Gasteiger partial charge in [-0.25, -0.2) is 14.7 Å². The third kappa shape index (κ3) is 3.68. The van der Waals surface area contributed by atoms with Gasteiger partial charge in [0, 0.05) is 17.8 Å². The Bertz CT molecular complexity index is 998. The van der Waals surface area contributed by atoms with Crippen LogP contribution >= 0.6 is 22.7 Å². The summed E-state index contributed by atoms with van der Waals surface area (Å²) >= 11 is 3.16. The van der Waals surface area contributed by atoms with Crippen molar-refractivity contribution in [2.75, 3.05) is 20.3 Å². The van der Waals surface area contributed by atoms with Crippen molar-refractivity contribution in [1.29, 1.82) is 0 Å². The van der Waals surface area contributed by atoms with Gasteiger partial charge in [0.25, 0.3) is 0 Å². The Kier molecular flexibility index (Phi) is 5.21. The van der Waals surface area contributed by atoms with Gasteiger partial charge in [0.05, 0.1) is 17.3 Å². The van der Waals surface area contributed by atoms with E-state index in [1.165, 1.54) is 0 Å². The van der Waals surface area contributed by atoms with Crippen LogP contribution in [-0.2, 0) is 22.6 Å². The summed E-state index contributed by atoms with van der Waals surface area (Å²) in [5, 5.41) is 2.87. The van der Waals surface area contributed by atoms with Crippen molar-refractivity contribution in [3.05, 3.63) is 51.7 Å². The van der Waals surface area contributed by atoms with Crippen LogP contribution in [0.15, 0.2) is 41.8 Å². The van der Waals surface area contributed by atoms with E-state index in [0.29, 0.717) is 13.0 Å². The zero-order valence-corrected chi connectivity index (χ0v) is 16.9. The zero-order valence-electron chi connectivity index (χ0n) is 15.3. The van der Waals surface area contributed by atoms with Gasteiger partial charge >= 0.3 is 17.8 Å². The molecule has 1 aromatic carbocycles. The molecule has 0 radical (unpaired) electrons. The maximum absolute atomic E-state index is 12.6. The number of aromatic nitrogens is 1. The Morgan fingerprint density at radius 2 is 1.82 bits per heavy atom. The average Bonchev–Trinajstić information content (AvgIpc) is 3.37. The van der Waals surface area contributed by atoms with E-state index in [4.69, 9.17) is 0 Å². The van der Waals surface area contributed by atoms with E-state index in [1.807, 2.05) is 48.8 Å². The van der Waals surface area contributed by atoms with Gasteiger partial charge in [0.2, 0.25) is 0 Å². The number of para-hydroxylation sites is 1. The zero-order chi connectivity index (χ0) is 19.7. The normalized spacial score (nSPS) is 15.8. The highest BCUT2D eigenvalue weighted by atomic mass is 32.1. The smallest absolute Gasteiger partial charge is 0.314 e. The van der Waals surface area contributed by atoms with Gasteiger partial charge in [0.1, 0.15) is 11.6 Å². The molecule has 0 bridgehead atoms. The first kappa shape index (κ1) is 18.7. The molecule has 1 fully saturated rings. The highest BCUT2D eigenvalue weighted by molar-refractivity contribution is 7.18. The van der Waals surface area contributed by atoms with Gasteiger partial charge in [-0.3, -0.25) is 14.5 Å². The molecule has 4 rings (SSSR count).